The minimum Gasteiger partial charge on any atom is -0.327 e. The largest absolute Gasteiger partial charge is 0.327 e. The van der Waals surface area contributed by atoms with Gasteiger partial charge in [0.25, 0.3) is 0 Å². The van der Waals surface area contributed by atoms with E-state index in [9.17, 15) is 4.39 Å². The van der Waals surface area contributed by atoms with Crippen LogP contribution in [0.4, 0.5) is 4.39 Å². The second kappa shape index (κ2) is 2.65. The minimum absolute atomic E-state index is 0.130. The Morgan fingerprint density at radius 2 is 2.22 bits per heavy atom. The van der Waals surface area contributed by atoms with E-state index in [1.165, 1.54) is 0 Å². The van der Waals surface area contributed by atoms with Crippen LogP contribution in [0.5, 0.6) is 0 Å². The molecule has 2 heteroatoms. The lowest BCUT2D eigenvalue weighted by Crippen LogP contribution is -2.28. The first-order valence-corrected chi connectivity index (χ1v) is 3.57. The first kappa shape index (κ1) is 7.00. The highest BCUT2D eigenvalue weighted by molar-refractivity contribution is 4.84. The Kier molecular flexibility index (Phi) is 2.06. The molecule has 1 fully saturated rings. The molecule has 9 heavy (non-hydrogen) atoms. The number of hydrogen-bond acceptors (Lipinski definition) is 1. The SMILES string of the molecule is C[C@H]1CC[C@@H](N)[C@@H]1CF. The Labute approximate surface area is 55.4 Å². The van der Waals surface area contributed by atoms with Gasteiger partial charge in [-0.25, -0.2) is 0 Å². The average Bonchev–Trinajstić information content (AvgIpc) is 2.12. The third kappa shape index (κ3) is 1.23. The van der Waals surface area contributed by atoms with E-state index in [4.69, 9.17) is 5.73 Å². The predicted molar refractivity (Wildman–Crippen MR) is 35.8 cm³/mol. The molecule has 0 unspecified atom stereocenters. The molecule has 0 bridgehead atoms. The summed E-state index contributed by atoms with van der Waals surface area (Å²) in [6.07, 6.45) is 2.12. The Morgan fingerprint density at radius 1 is 1.56 bits per heavy atom. The predicted octanol–water partition coefficient (Wildman–Crippen LogP) is 1.33. The van der Waals surface area contributed by atoms with Crippen LogP contribution in [0.15, 0.2) is 0 Å². The molecule has 2 N–H and O–H groups in total. The molecule has 1 aliphatic rings. The van der Waals surface area contributed by atoms with E-state index in [0.29, 0.717) is 5.92 Å². The normalized spacial score (nSPS) is 43.7. The summed E-state index contributed by atoms with van der Waals surface area (Å²) in [5.41, 5.74) is 5.64. The van der Waals surface area contributed by atoms with Gasteiger partial charge in [-0.1, -0.05) is 6.92 Å². The molecule has 1 nitrogen and oxygen atoms in total. The molecule has 0 amide bonds. The van der Waals surface area contributed by atoms with Crippen LogP contribution >= 0.6 is 0 Å². The first-order chi connectivity index (χ1) is 4.25. The lowest BCUT2D eigenvalue weighted by Gasteiger charge is -2.14. The molecule has 54 valence electrons. The van der Waals surface area contributed by atoms with E-state index in [1.807, 2.05) is 0 Å². The van der Waals surface area contributed by atoms with Gasteiger partial charge in [0.15, 0.2) is 0 Å². The van der Waals surface area contributed by atoms with Crippen molar-refractivity contribution in [2.24, 2.45) is 17.6 Å². The minimum atomic E-state index is -0.234. The lowest BCUT2D eigenvalue weighted by molar-refractivity contribution is 0.289. The molecule has 0 aromatic heterocycles. The van der Waals surface area contributed by atoms with Gasteiger partial charge in [-0.3, -0.25) is 4.39 Å². The Hall–Kier alpha value is -0.110. The number of halogens is 1. The van der Waals surface area contributed by atoms with Crippen LogP contribution in [0, 0.1) is 11.8 Å². The van der Waals surface area contributed by atoms with Crippen molar-refractivity contribution < 1.29 is 4.39 Å². The average molecular weight is 131 g/mol. The van der Waals surface area contributed by atoms with E-state index in [-0.39, 0.29) is 18.6 Å². The summed E-state index contributed by atoms with van der Waals surface area (Å²) < 4.78 is 12.1. The fraction of sp³-hybridized carbons (Fsp3) is 1.00. The van der Waals surface area contributed by atoms with Gasteiger partial charge in [0.05, 0.1) is 6.67 Å². The van der Waals surface area contributed by atoms with Crippen molar-refractivity contribution in [3.63, 3.8) is 0 Å². The highest BCUT2D eigenvalue weighted by atomic mass is 19.1. The van der Waals surface area contributed by atoms with Gasteiger partial charge in [-0.05, 0) is 18.8 Å². The fourth-order valence-corrected chi connectivity index (χ4v) is 1.57. The van der Waals surface area contributed by atoms with Crippen LogP contribution in [-0.4, -0.2) is 12.7 Å². The molecule has 0 aliphatic heterocycles. The standard InChI is InChI=1S/C7H14FN/c1-5-2-3-7(9)6(5)4-8/h5-7H,2-4,9H2,1H3/t5-,6+,7+/m0/s1. The van der Waals surface area contributed by atoms with Crippen LogP contribution in [0.3, 0.4) is 0 Å². The molecule has 0 aromatic carbocycles. The maximum absolute atomic E-state index is 12.1. The molecule has 0 aromatic rings. The van der Waals surface area contributed by atoms with Crippen molar-refractivity contribution >= 4 is 0 Å². The van der Waals surface area contributed by atoms with Crippen molar-refractivity contribution in [1.82, 2.24) is 0 Å². The molecule has 0 radical (unpaired) electrons. The topological polar surface area (TPSA) is 26.0 Å². The Morgan fingerprint density at radius 3 is 2.44 bits per heavy atom. The van der Waals surface area contributed by atoms with Gasteiger partial charge >= 0.3 is 0 Å². The fourth-order valence-electron chi connectivity index (χ4n) is 1.57. The smallest absolute Gasteiger partial charge is 0.0939 e. The lowest BCUT2D eigenvalue weighted by atomic mass is 9.97. The summed E-state index contributed by atoms with van der Waals surface area (Å²) in [5.74, 6) is 0.648. The zero-order chi connectivity index (χ0) is 6.85. The summed E-state index contributed by atoms with van der Waals surface area (Å²) >= 11 is 0. The van der Waals surface area contributed by atoms with E-state index in [1.54, 1.807) is 0 Å². The van der Waals surface area contributed by atoms with Crippen molar-refractivity contribution in [2.45, 2.75) is 25.8 Å². The summed E-state index contributed by atoms with van der Waals surface area (Å²) in [7, 11) is 0. The molecule has 1 rings (SSSR count). The van der Waals surface area contributed by atoms with Gasteiger partial charge in [0.2, 0.25) is 0 Å². The molecule has 0 saturated heterocycles. The van der Waals surface area contributed by atoms with Crippen LogP contribution < -0.4 is 5.73 Å². The number of rotatable bonds is 1. The second-order valence-electron chi connectivity index (χ2n) is 3.04. The molecule has 0 heterocycles. The zero-order valence-corrected chi connectivity index (χ0v) is 5.81. The van der Waals surface area contributed by atoms with Crippen LogP contribution in [0.2, 0.25) is 0 Å². The van der Waals surface area contributed by atoms with Crippen LogP contribution in [0.1, 0.15) is 19.8 Å². The molecular formula is C7H14FN. The van der Waals surface area contributed by atoms with Crippen LogP contribution in [0.25, 0.3) is 0 Å². The van der Waals surface area contributed by atoms with Crippen molar-refractivity contribution in [3.05, 3.63) is 0 Å². The maximum atomic E-state index is 12.1. The molecule has 3 atom stereocenters. The Bertz CT molecular complexity index is 84.9. The van der Waals surface area contributed by atoms with E-state index >= 15 is 0 Å². The summed E-state index contributed by atoms with van der Waals surface area (Å²) in [6, 6.07) is 0.130. The van der Waals surface area contributed by atoms with Gasteiger partial charge in [0.1, 0.15) is 0 Å². The van der Waals surface area contributed by atoms with E-state index < -0.39 is 0 Å². The summed E-state index contributed by atoms with van der Waals surface area (Å²) in [5, 5.41) is 0. The number of nitrogens with two attached hydrogens (primary N) is 1. The third-order valence-corrected chi connectivity index (χ3v) is 2.41. The van der Waals surface area contributed by atoms with Gasteiger partial charge < -0.3 is 5.73 Å². The van der Waals surface area contributed by atoms with Crippen molar-refractivity contribution in [2.75, 3.05) is 6.67 Å². The van der Waals surface area contributed by atoms with E-state index in [2.05, 4.69) is 6.92 Å². The van der Waals surface area contributed by atoms with E-state index in [0.717, 1.165) is 12.8 Å². The molecular weight excluding hydrogens is 117 g/mol. The molecule has 1 aliphatic carbocycles. The molecule has 1 saturated carbocycles. The highest BCUT2D eigenvalue weighted by Crippen LogP contribution is 2.30. The highest BCUT2D eigenvalue weighted by Gasteiger charge is 2.30. The van der Waals surface area contributed by atoms with Gasteiger partial charge in [-0.2, -0.15) is 0 Å². The third-order valence-electron chi connectivity index (χ3n) is 2.41. The summed E-state index contributed by atoms with van der Waals surface area (Å²) in [6.45, 7) is 1.85. The monoisotopic (exact) mass is 131 g/mol. The van der Waals surface area contributed by atoms with Crippen molar-refractivity contribution in [3.8, 4) is 0 Å². The van der Waals surface area contributed by atoms with Gasteiger partial charge in [-0.15, -0.1) is 0 Å². The Balaban J connectivity index is 2.44. The summed E-state index contributed by atoms with van der Waals surface area (Å²) in [4.78, 5) is 0. The first-order valence-electron chi connectivity index (χ1n) is 3.57. The quantitative estimate of drug-likeness (QED) is 0.570. The second-order valence-corrected chi connectivity index (χ2v) is 3.04. The molecule has 0 spiro atoms. The van der Waals surface area contributed by atoms with Crippen molar-refractivity contribution in [1.29, 1.82) is 0 Å². The zero-order valence-electron chi connectivity index (χ0n) is 5.81. The van der Waals surface area contributed by atoms with Gasteiger partial charge in [0, 0.05) is 12.0 Å². The maximum Gasteiger partial charge on any atom is 0.0939 e. The number of hydrogen-bond donors (Lipinski definition) is 1. The number of alkyl halides is 1. The van der Waals surface area contributed by atoms with Crippen LogP contribution in [-0.2, 0) is 0 Å².